The predicted octanol–water partition coefficient (Wildman–Crippen LogP) is 6.81. The topological polar surface area (TPSA) is 111 Å². The van der Waals surface area contributed by atoms with E-state index in [4.69, 9.17) is 21.1 Å². The summed E-state index contributed by atoms with van der Waals surface area (Å²) in [5.41, 5.74) is 0.265. The molecule has 1 unspecified atom stereocenters. The van der Waals surface area contributed by atoms with Gasteiger partial charge in [-0.2, -0.15) is 13.2 Å². The van der Waals surface area contributed by atoms with Gasteiger partial charge >= 0.3 is 12.1 Å². The number of carboxylic acid groups (broad SMARTS) is 1. The van der Waals surface area contributed by atoms with Crippen molar-refractivity contribution in [3.8, 4) is 28.5 Å². The van der Waals surface area contributed by atoms with Gasteiger partial charge in [-0.25, -0.2) is 4.98 Å². The van der Waals surface area contributed by atoms with Gasteiger partial charge in [0.05, 0.1) is 41.2 Å². The first kappa shape index (κ1) is 26.9. The van der Waals surface area contributed by atoms with E-state index in [1.807, 2.05) is 0 Å². The van der Waals surface area contributed by atoms with Crippen molar-refractivity contribution >= 4 is 29.3 Å². The number of rotatable bonds is 6. The van der Waals surface area contributed by atoms with Crippen molar-refractivity contribution in [2.75, 3.05) is 11.9 Å². The van der Waals surface area contributed by atoms with E-state index in [1.54, 1.807) is 0 Å². The second-order valence-electron chi connectivity index (χ2n) is 8.80. The van der Waals surface area contributed by atoms with Gasteiger partial charge in [-0.1, -0.05) is 23.7 Å². The SMILES string of the molecule is O=C(Nc1cncc(-c2cccc(C(F)(F)F)c2)n1)c1ccc(Oc2cc3c(cc2Cl)C(C(=O)O)CCO3)cc1. The van der Waals surface area contributed by atoms with Gasteiger partial charge in [0.25, 0.3) is 5.91 Å². The largest absolute Gasteiger partial charge is 0.493 e. The van der Waals surface area contributed by atoms with E-state index < -0.39 is 29.5 Å². The van der Waals surface area contributed by atoms with Gasteiger partial charge in [0.15, 0.2) is 5.82 Å². The molecule has 1 aliphatic heterocycles. The fraction of sp³-hybridized carbons (Fsp3) is 0.143. The smallest absolute Gasteiger partial charge is 0.416 e. The van der Waals surface area contributed by atoms with E-state index in [2.05, 4.69) is 15.3 Å². The molecule has 4 aromatic rings. The third kappa shape index (κ3) is 5.84. The number of anilines is 1. The van der Waals surface area contributed by atoms with Crippen molar-refractivity contribution in [1.29, 1.82) is 0 Å². The Hall–Kier alpha value is -4.64. The van der Waals surface area contributed by atoms with Crippen molar-refractivity contribution in [3.05, 3.63) is 94.8 Å². The number of halogens is 4. The van der Waals surface area contributed by atoms with Gasteiger partial charge in [-0.3, -0.25) is 14.6 Å². The Morgan fingerprint density at radius 2 is 1.85 bits per heavy atom. The second kappa shape index (κ2) is 10.9. The minimum Gasteiger partial charge on any atom is -0.493 e. The number of carbonyl (C=O) groups excluding carboxylic acids is 1. The number of carbonyl (C=O) groups is 2. The molecule has 1 aromatic heterocycles. The van der Waals surface area contributed by atoms with Crippen LogP contribution in [0.5, 0.6) is 17.2 Å². The van der Waals surface area contributed by atoms with Crippen molar-refractivity contribution in [1.82, 2.24) is 9.97 Å². The highest BCUT2D eigenvalue weighted by Crippen LogP contribution is 2.42. The molecule has 0 radical (unpaired) electrons. The minimum atomic E-state index is -4.51. The molecule has 0 aliphatic carbocycles. The van der Waals surface area contributed by atoms with Crippen LogP contribution in [0.3, 0.4) is 0 Å². The average molecular weight is 570 g/mol. The molecule has 1 aliphatic rings. The molecule has 2 N–H and O–H groups in total. The van der Waals surface area contributed by atoms with Gasteiger partial charge in [0, 0.05) is 22.8 Å². The Morgan fingerprint density at radius 3 is 2.58 bits per heavy atom. The molecule has 0 saturated heterocycles. The maximum Gasteiger partial charge on any atom is 0.416 e. The van der Waals surface area contributed by atoms with Crippen LogP contribution in [0.15, 0.2) is 73.1 Å². The predicted molar refractivity (Wildman–Crippen MR) is 139 cm³/mol. The van der Waals surface area contributed by atoms with E-state index in [1.165, 1.54) is 60.9 Å². The Labute approximate surface area is 230 Å². The number of carboxylic acids is 1. The molecule has 0 fully saturated rings. The molecular formula is C28H19ClF3N3O5. The molecule has 2 heterocycles. The zero-order valence-corrected chi connectivity index (χ0v) is 21.2. The molecule has 0 spiro atoms. The molecule has 12 heteroatoms. The number of hydrogen-bond acceptors (Lipinski definition) is 6. The van der Waals surface area contributed by atoms with E-state index in [0.29, 0.717) is 23.5 Å². The summed E-state index contributed by atoms with van der Waals surface area (Å²) in [5.74, 6) is -1.16. The molecule has 1 atom stereocenters. The first-order valence-corrected chi connectivity index (χ1v) is 12.2. The van der Waals surface area contributed by atoms with Crippen LogP contribution in [0.4, 0.5) is 19.0 Å². The van der Waals surface area contributed by atoms with Gasteiger partial charge < -0.3 is 19.9 Å². The zero-order valence-electron chi connectivity index (χ0n) is 20.4. The molecule has 1 amide bonds. The van der Waals surface area contributed by atoms with Crippen LogP contribution in [0.25, 0.3) is 11.3 Å². The van der Waals surface area contributed by atoms with E-state index in [0.717, 1.165) is 12.1 Å². The third-order valence-electron chi connectivity index (χ3n) is 6.11. The summed E-state index contributed by atoms with van der Waals surface area (Å²) in [5, 5.41) is 12.2. The molecule has 204 valence electrons. The van der Waals surface area contributed by atoms with E-state index >= 15 is 0 Å². The van der Waals surface area contributed by atoms with E-state index in [9.17, 15) is 27.9 Å². The normalized spacial score (nSPS) is 14.6. The number of benzene rings is 3. The lowest BCUT2D eigenvalue weighted by Gasteiger charge is -2.24. The lowest BCUT2D eigenvalue weighted by Crippen LogP contribution is -2.20. The molecule has 5 rings (SSSR count). The highest BCUT2D eigenvalue weighted by molar-refractivity contribution is 6.32. The van der Waals surface area contributed by atoms with Gasteiger partial charge in [0.2, 0.25) is 0 Å². The Morgan fingerprint density at radius 1 is 1.07 bits per heavy atom. The number of nitrogens with zero attached hydrogens (tertiary/aromatic N) is 2. The van der Waals surface area contributed by atoms with Crippen molar-refractivity contribution < 1.29 is 37.3 Å². The lowest BCUT2D eigenvalue weighted by atomic mass is 9.93. The molecule has 0 bridgehead atoms. The summed E-state index contributed by atoms with van der Waals surface area (Å²) in [6, 6.07) is 13.8. The maximum absolute atomic E-state index is 13.1. The lowest BCUT2D eigenvalue weighted by molar-refractivity contribution is -0.139. The Kier molecular flexibility index (Phi) is 7.31. The van der Waals surface area contributed by atoms with Gasteiger partial charge in [-0.05, 0) is 48.9 Å². The zero-order chi connectivity index (χ0) is 28.4. The van der Waals surface area contributed by atoms with Gasteiger partial charge in [0.1, 0.15) is 17.2 Å². The number of amides is 1. The molecule has 40 heavy (non-hydrogen) atoms. The first-order chi connectivity index (χ1) is 19.1. The number of alkyl halides is 3. The summed E-state index contributed by atoms with van der Waals surface area (Å²) in [4.78, 5) is 32.5. The van der Waals surface area contributed by atoms with Crippen LogP contribution in [0.1, 0.15) is 33.8 Å². The monoisotopic (exact) mass is 569 g/mol. The van der Waals surface area contributed by atoms with Crippen LogP contribution in [0, 0.1) is 0 Å². The van der Waals surface area contributed by atoms with Crippen molar-refractivity contribution in [2.45, 2.75) is 18.5 Å². The number of nitrogens with one attached hydrogen (secondary N) is 1. The highest BCUT2D eigenvalue weighted by Gasteiger charge is 2.31. The summed E-state index contributed by atoms with van der Waals surface area (Å²) >= 11 is 6.33. The first-order valence-electron chi connectivity index (χ1n) is 11.9. The quantitative estimate of drug-likeness (QED) is 0.262. The standard InChI is InChI=1S/C28H19ClF3N3O5/c29-21-11-20-19(27(37)38)8-9-39-23(20)12-24(21)40-18-6-4-15(5-7-18)26(36)35-25-14-33-13-22(34-25)16-2-1-3-17(10-16)28(30,31)32/h1-7,10-14,19H,8-9H2,(H,37,38)(H,34,35,36). The van der Waals surface area contributed by atoms with Crippen LogP contribution >= 0.6 is 11.6 Å². The number of fused-ring (bicyclic) bond motifs is 1. The summed E-state index contributed by atoms with van der Waals surface area (Å²) in [7, 11) is 0. The van der Waals surface area contributed by atoms with Crippen LogP contribution in [-0.2, 0) is 11.0 Å². The molecule has 0 saturated carbocycles. The second-order valence-corrected chi connectivity index (χ2v) is 9.20. The Bertz CT molecular complexity index is 1600. The average Bonchev–Trinajstić information content (AvgIpc) is 2.93. The molecular weight excluding hydrogens is 551 g/mol. The summed E-state index contributed by atoms with van der Waals surface area (Å²) in [6.07, 6.45) is -1.59. The fourth-order valence-corrected chi connectivity index (χ4v) is 4.35. The highest BCUT2D eigenvalue weighted by atomic mass is 35.5. The number of ether oxygens (including phenoxy) is 2. The van der Waals surface area contributed by atoms with Crippen LogP contribution in [0.2, 0.25) is 5.02 Å². The summed E-state index contributed by atoms with van der Waals surface area (Å²) in [6.45, 7) is 0.252. The number of hydrogen-bond donors (Lipinski definition) is 2. The molecule has 8 nitrogen and oxygen atoms in total. The number of aromatic nitrogens is 2. The maximum atomic E-state index is 13.1. The minimum absolute atomic E-state index is 0.0562. The van der Waals surface area contributed by atoms with Crippen molar-refractivity contribution in [2.24, 2.45) is 0 Å². The van der Waals surface area contributed by atoms with Gasteiger partial charge in [-0.15, -0.1) is 0 Å². The summed E-state index contributed by atoms with van der Waals surface area (Å²) < 4.78 is 50.6. The fourth-order valence-electron chi connectivity index (χ4n) is 4.13. The third-order valence-corrected chi connectivity index (χ3v) is 6.40. The van der Waals surface area contributed by atoms with E-state index in [-0.39, 0.29) is 40.0 Å². The van der Waals surface area contributed by atoms with Crippen molar-refractivity contribution in [3.63, 3.8) is 0 Å². The van der Waals surface area contributed by atoms with Crippen LogP contribution in [-0.4, -0.2) is 33.6 Å². The van der Waals surface area contributed by atoms with Crippen LogP contribution < -0.4 is 14.8 Å². The Balaban J connectivity index is 1.28. The molecule has 3 aromatic carbocycles. The number of aliphatic carboxylic acids is 1.